The first-order valence-electron chi connectivity index (χ1n) is 6.35. The Kier molecular flexibility index (Phi) is 3.11. The summed E-state index contributed by atoms with van der Waals surface area (Å²) in [6.45, 7) is 2.79. The van der Waals surface area contributed by atoms with Crippen LogP contribution >= 0.6 is 11.9 Å². The second kappa shape index (κ2) is 4.76. The second-order valence-electron chi connectivity index (χ2n) is 4.67. The van der Waals surface area contributed by atoms with Crippen LogP contribution in [0.1, 0.15) is 26.2 Å². The number of hydrogen-bond acceptors (Lipinski definition) is 4. The Morgan fingerprint density at radius 3 is 2.89 bits per heavy atom. The quantitative estimate of drug-likeness (QED) is 0.846. The lowest BCUT2D eigenvalue weighted by Gasteiger charge is -2.24. The van der Waals surface area contributed by atoms with Crippen molar-refractivity contribution < 1.29 is 0 Å². The number of rotatable bonds is 4. The summed E-state index contributed by atoms with van der Waals surface area (Å²) >= 11 is 1.56. The van der Waals surface area contributed by atoms with Gasteiger partial charge in [0.05, 0.1) is 6.33 Å². The van der Waals surface area contributed by atoms with Gasteiger partial charge in [0.1, 0.15) is 6.33 Å². The minimum Gasteiger partial charge on any atom is -0.315 e. The fourth-order valence-corrected chi connectivity index (χ4v) is 3.12. The molecule has 0 amide bonds. The molecule has 0 bridgehead atoms. The second-order valence-corrected chi connectivity index (χ2v) is 5.66. The van der Waals surface area contributed by atoms with Crippen molar-refractivity contribution in [1.29, 1.82) is 0 Å². The third kappa shape index (κ3) is 1.94. The molecule has 1 saturated carbocycles. The maximum atomic E-state index is 12.2. The number of fused-ring (bicyclic) bond motifs is 1. The largest absolute Gasteiger partial charge is 0.315 e. The molecule has 2 aromatic heterocycles. The molecule has 0 atom stereocenters. The average Bonchev–Trinajstić information content (AvgIpc) is 2.73. The van der Waals surface area contributed by atoms with Gasteiger partial charge < -0.3 is 4.57 Å². The van der Waals surface area contributed by atoms with Gasteiger partial charge in [0.15, 0.2) is 11.2 Å². The van der Waals surface area contributed by atoms with Crippen molar-refractivity contribution in [3.8, 4) is 0 Å². The zero-order valence-electron chi connectivity index (χ0n) is 10.4. The van der Waals surface area contributed by atoms with E-state index >= 15 is 0 Å². The van der Waals surface area contributed by atoms with E-state index in [2.05, 4.69) is 9.97 Å². The Balaban J connectivity index is 1.88. The minimum atomic E-state index is -0.0449. The van der Waals surface area contributed by atoms with Crippen LogP contribution in [-0.2, 0) is 6.54 Å². The van der Waals surface area contributed by atoms with Crippen LogP contribution in [0.3, 0.4) is 0 Å². The van der Waals surface area contributed by atoms with Gasteiger partial charge in [-0.2, -0.15) is 0 Å². The van der Waals surface area contributed by atoms with Gasteiger partial charge in [-0.05, 0) is 37.6 Å². The van der Waals surface area contributed by atoms with E-state index in [4.69, 9.17) is 0 Å². The lowest BCUT2D eigenvalue weighted by Crippen LogP contribution is -2.20. The molecule has 0 saturated heterocycles. The van der Waals surface area contributed by atoms with Crippen LogP contribution in [0, 0.1) is 5.92 Å². The van der Waals surface area contributed by atoms with Crippen molar-refractivity contribution in [1.82, 2.24) is 18.5 Å². The fourth-order valence-electron chi connectivity index (χ4n) is 2.09. The molecule has 96 valence electrons. The van der Waals surface area contributed by atoms with Crippen LogP contribution in [-0.4, -0.2) is 24.3 Å². The molecule has 0 unspecified atom stereocenters. The molecule has 2 aromatic rings. The Hall–Kier alpha value is -1.30. The zero-order chi connectivity index (χ0) is 12.5. The third-order valence-electron chi connectivity index (χ3n) is 3.51. The predicted octanol–water partition coefficient (Wildman–Crippen LogP) is 1.91. The van der Waals surface area contributed by atoms with Crippen molar-refractivity contribution in [3.63, 3.8) is 0 Å². The van der Waals surface area contributed by atoms with E-state index in [0.29, 0.717) is 11.2 Å². The first-order chi connectivity index (χ1) is 8.79. The van der Waals surface area contributed by atoms with E-state index in [9.17, 15) is 4.79 Å². The standard InChI is InChI=1S/C12H16N4OS/c1-2-15-7-13-10-11(15)14-8-16(12(10)17)18-6-9-4-3-5-9/h7-9H,2-6H2,1H3. The zero-order valence-corrected chi connectivity index (χ0v) is 11.2. The van der Waals surface area contributed by atoms with E-state index in [-0.39, 0.29) is 5.56 Å². The highest BCUT2D eigenvalue weighted by molar-refractivity contribution is 7.97. The lowest BCUT2D eigenvalue weighted by atomic mass is 9.87. The number of hydrogen-bond donors (Lipinski definition) is 0. The Morgan fingerprint density at radius 2 is 2.22 bits per heavy atom. The highest BCUT2D eigenvalue weighted by atomic mass is 32.2. The molecule has 0 aromatic carbocycles. The molecule has 0 spiro atoms. The normalized spacial score (nSPS) is 16.1. The van der Waals surface area contributed by atoms with E-state index in [1.165, 1.54) is 19.3 Å². The Labute approximate surface area is 109 Å². The predicted molar refractivity (Wildman–Crippen MR) is 72.7 cm³/mol. The topological polar surface area (TPSA) is 52.7 Å². The molecule has 1 aliphatic carbocycles. The first kappa shape index (κ1) is 11.8. The van der Waals surface area contributed by atoms with Crippen LogP contribution in [0.25, 0.3) is 11.2 Å². The van der Waals surface area contributed by atoms with Crippen molar-refractivity contribution in [3.05, 3.63) is 23.0 Å². The molecular weight excluding hydrogens is 248 g/mol. The molecule has 0 N–H and O–H groups in total. The Morgan fingerprint density at radius 1 is 1.39 bits per heavy atom. The van der Waals surface area contributed by atoms with E-state index in [1.54, 1.807) is 28.6 Å². The smallest absolute Gasteiger partial charge is 0.291 e. The summed E-state index contributed by atoms with van der Waals surface area (Å²) in [5, 5.41) is 0. The average molecular weight is 264 g/mol. The molecular formula is C12H16N4OS. The molecule has 3 rings (SSSR count). The van der Waals surface area contributed by atoms with Crippen LogP contribution in [0.2, 0.25) is 0 Å². The molecule has 18 heavy (non-hydrogen) atoms. The van der Waals surface area contributed by atoms with Crippen molar-refractivity contribution in [2.24, 2.45) is 5.92 Å². The third-order valence-corrected chi connectivity index (χ3v) is 4.67. The van der Waals surface area contributed by atoms with Crippen LogP contribution in [0.5, 0.6) is 0 Å². The lowest BCUT2D eigenvalue weighted by molar-refractivity contribution is 0.353. The van der Waals surface area contributed by atoms with Gasteiger partial charge in [0.2, 0.25) is 0 Å². The summed E-state index contributed by atoms with van der Waals surface area (Å²) < 4.78 is 3.51. The summed E-state index contributed by atoms with van der Waals surface area (Å²) in [7, 11) is 0. The molecule has 6 heteroatoms. The maximum absolute atomic E-state index is 12.2. The van der Waals surface area contributed by atoms with Gasteiger partial charge >= 0.3 is 0 Å². The fraction of sp³-hybridized carbons (Fsp3) is 0.583. The van der Waals surface area contributed by atoms with Gasteiger partial charge in [-0.25, -0.2) is 13.9 Å². The Bertz CT molecular complexity index is 614. The summed E-state index contributed by atoms with van der Waals surface area (Å²) in [6, 6.07) is 0. The number of aryl methyl sites for hydroxylation is 1. The highest BCUT2D eigenvalue weighted by Gasteiger charge is 2.18. The summed E-state index contributed by atoms with van der Waals surface area (Å²) in [6.07, 6.45) is 7.23. The van der Waals surface area contributed by atoms with Gasteiger partial charge in [-0.3, -0.25) is 4.79 Å². The molecule has 1 fully saturated rings. The number of aromatic nitrogens is 4. The van der Waals surface area contributed by atoms with Crippen LogP contribution in [0.4, 0.5) is 0 Å². The monoisotopic (exact) mass is 264 g/mol. The first-order valence-corrected chi connectivity index (χ1v) is 7.29. The van der Waals surface area contributed by atoms with Crippen molar-refractivity contribution in [2.45, 2.75) is 32.7 Å². The number of imidazole rings is 1. The summed E-state index contributed by atoms with van der Waals surface area (Å²) in [5.41, 5.74) is 1.11. The molecule has 0 radical (unpaired) electrons. The highest BCUT2D eigenvalue weighted by Crippen LogP contribution is 2.29. The van der Waals surface area contributed by atoms with Crippen LogP contribution in [0.15, 0.2) is 17.4 Å². The van der Waals surface area contributed by atoms with Crippen LogP contribution < -0.4 is 5.56 Å². The molecule has 2 heterocycles. The van der Waals surface area contributed by atoms with E-state index in [0.717, 1.165) is 18.2 Å². The van der Waals surface area contributed by atoms with Gasteiger partial charge in [-0.15, -0.1) is 0 Å². The SMILES string of the molecule is CCn1cnc2c(=O)n(SCC3CCC3)cnc21. The summed E-state index contributed by atoms with van der Waals surface area (Å²) in [5.74, 6) is 1.77. The minimum absolute atomic E-state index is 0.0449. The van der Waals surface area contributed by atoms with Crippen molar-refractivity contribution in [2.75, 3.05) is 5.75 Å². The molecule has 0 aliphatic heterocycles. The van der Waals surface area contributed by atoms with E-state index < -0.39 is 0 Å². The molecule has 1 aliphatic rings. The van der Waals surface area contributed by atoms with Gasteiger partial charge in [-0.1, -0.05) is 6.42 Å². The summed E-state index contributed by atoms with van der Waals surface area (Å²) in [4.78, 5) is 20.7. The molecule has 5 nitrogen and oxygen atoms in total. The van der Waals surface area contributed by atoms with E-state index in [1.807, 2.05) is 11.5 Å². The van der Waals surface area contributed by atoms with Gasteiger partial charge in [0, 0.05) is 12.3 Å². The van der Waals surface area contributed by atoms with Gasteiger partial charge in [0.25, 0.3) is 5.56 Å². The number of nitrogens with zero attached hydrogens (tertiary/aromatic N) is 4. The van der Waals surface area contributed by atoms with Crippen molar-refractivity contribution >= 4 is 23.1 Å². The maximum Gasteiger partial charge on any atom is 0.291 e.